The minimum Gasteiger partial charge on any atom is -0.397 e. The van der Waals surface area contributed by atoms with Gasteiger partial charge in [0.2, 0.25) is 5.91 Å². The minimum absolute atomic E-state index is 0.138. The van der Waals surface area contributed by atoms with Gasteiger partial charge in [-0.25, -0.2) is 14.3 Å². The number of urea groups is 1. The van der Waals surface area contributed by atoms with Crippen LogP contribution in [0, 0.1) is 0 Å². The number of rotatable bonds is 7. The van der Waals surface area contributed by atoms with Crippen molar-refractivity contribution in [3.05, 3.63) is 69.1 Å². The molecule has 49 heavy (non-hydrogen) atoms. The van der Waals surface area contributed by atoms with E-state index in [1.807, 2.05) is 30.3 Å². The molecule has 0 spiro atoms. The third-order valence-electron chi connectivity index (χ3n) is 10.00. The van der Waals surface area contributed by atoms with Crippen molar-refractivity contribution in [3.8, 4) is 11.4 Å². The zero-order valence-corrected chi connectivity index (χ0v) is 28.0. The average molecular weight is 703 g/mol. The quantitative estimate of drug-likeness (QED) is 0.300. The predicted octanol–water partition coefficient (Wildman–Crippen LogP) is 4.93. The van der Waals surface area contributed by atoms with Crippen molar-refractivity contribution in [3.63, 3.8) is 0 Å². The standard InChI is InChI=1S/C34H42ClF3N8O3/c35-27-20-22(19-26(29(27)39)34(36,37)38)21-28(31(47)44-15-9-24(10-16-44)43-13-5-2-6-14-43)40-32(48)45-17-11-25(12-18-45)46-33(49)41-30(42-46)23-7-3-1-4-8-23/h1,3-4,7-8,19-20,24-25,28H,2,5-6,9-18,21,39H2,(H,40,48)(H,41,42,49)/t28-/m1/s1. The Morgan fingerprint density at radius 1 is 0.939 bits per heavy atom. The highest BCUT2D eigenvalue weighted by Crippen LogP contribution is 2.38. The molecule has 3 amide bonds. The van der Waals surface area contributed by atoms with Gasteiger partial charge in [-0.15, -0.1) is 5.10 Å². The Balaban J connectivity index is 1.14. The number of hydrogen-bond acceptors (Lipinski definition) is 6. The molecule has 0 bridgehead atoms. The molecule has 1 atom stereocenters. The molecule has 4 heterocycles. The zero-order valence-electron chi connectivity index (χ0n) is 27.2. The maximum atomic E-state index is 14.0. The second kappa shape index (κ2) is 14.8. The molecule has 0 aliphatic carbocycles. The molecule has 4 N–H and O–H groups in total. The summed E-state index contributed by atoms with van der Waals surface area (Å²) in [5, 5.41) is 7.06. The summed E-state index contributed by atoms with van der Waals surface area (Å²) in [7, 11) is 0. The molecule has 2 aromatic carbocycles. The summed E-state index contributed by atoms with van der Waals surface area (Å²) in [6, 6.07) is 10.0. The van der Waals surface area contributed by atoms with Crippen molar-refractivity contribution in [2.24, 2.45) is 0 Å². The fourth-order valence-corrected chi connectivity index (χ4v) is 7.52. The van der Waals surface area contributed by atoms with Crippen LogP contribution in [0.25, 0.3) is 11.4 Å². The number of hydrogen-bond donors (Lipinski definition) is 3. The highest BCUT2D eigenvalue weighted by atomic mass is 35.5. The van der Waals surface area contributed by atoms with Gasteiger partial charge in [0, 0.05) is 44.2 Å². The van der Waals surface area contributed by atoms with E-state index < -0.39 is 29.5 Å². The normalized spacial score (nSPS) is 19.2. The third-order valence-corrected chi connectivity index (χ3v) is 10.3. The lowest BCUT2D eigenvalue weighted by molar-refractivity contribution is -0.137. The molecule has 0 radical (unpaired) electrons. The second-order valence-electron chi connectivity index (χ2n) is 13.2. The van der Waals surface area contributed by atoms with Crippen LogP contribution in [0.4, 0.5) is 23.7 Å². The number of piperidine rings is 3. The van der Waals surface area contributed by atoms with Crippen LogP contribution in [-0.4, -0.2) is 92.8 Å². The molecule has 3 aliphatic rings. The van der Waals surface area contributed by atoms with Crippen molar-refractivity contribution >= 4 is 29.2 Å². The van der Waals surface area contributed by atoms with E-state index in [1.54, 1.807) is 9.80 Å². The highest BCUT2D eigenvalue weighted by Gasteiger charge is 2.37. The van der Waals surface area contributed by atoms with Gasteiger partial charge in [-0.05, 0) is 69.3 Å². The lowest BCUT2D eigenvalue weighted by Gasteiger charge is -2.41. The van der Waals surface area contributed by atoms with Crippen LogP contribution in [-0.2, 0) is 17.4 Å². The number of anilines is 1. The number of aromatic nitrogens is 3. The van der Waals surface area contributed by atoms with Gasteiger partial charge in [0.15, 0.2) is 5.82 Å². The first-order valence-electron chi connectivity index (χ1n) is 17.0. The van der Waals surface area contributed by atoms with E-state index in [9.17, 15) is 27.6 Å². The number of amides is 3. The Morgan fingerprint density at radius 2 is 1.57 bits per heavy atom. The molecule has 15 heteroatoms. The Hall–Kier alpha value is -4.04. The molecule has 11 nitrogen and oxygen atoms in total. The molecule has 3 aliphatic heterocycles. The first kappa shape index (κ1) is 34.8. The van der Waals surface area contributed by atoms with Crippen LogP contribution in [0.5, 0.6) is 0 Å². The van der Waals surface area contributed by atoms with Crippen LogP contribution in [0.1, 0.15) is 62.1 Å². The maximum absolute atomic E-state index is 14.0. The fraction of sp³-hybridized carbons (Fsp3) is 0.529. The van der Waals surface area contributed by atoms with Crippen LogP contribution >= 0.6 is 11.6 Å². The summed E-state index contributed by atoms with van der Waals surface area (Å²) < 4.78 is 42.8. The lowest BCUT2D eigenvalue weighted by Crippen LogP contribution is -2.56. The molecule has 1 aromatic heterocycles. The summed E-state index contributed by atoms with van der Waals surface area (Å²) in [5.41, 5.74) is 4.58. The minimum atomic E-state index is -4.74. The van der Waals surface area contributed by atoms with Gasteiger partial charge in [-0.3, -0.25) is 9.78 Å². The number of nitrogens with zero attached hydrogens (tertiary/aromatic N) is 5. The molecule has 3 aromatic rings. The maximum Gasteiger partial charge on any atom is 0.418 e. The van der Waals surface area contributed by atoms with Crippen LogP contribution < -0.4 is 16.7 Å². The van der Waals surface area contributed by atoms with Gasteiger partial charge >= 0.3 is 17.9 Å². The van der Waals surface area contributed by atoms with Crippen LogP contribution in [0.2, 0.25) is 5.02 Å². The molecular formula is C34H42ClF3N8O3. The molecule has 6 rings (SSSR count). The molecule has 264 valence electrons. The summed E-state index contributed by atoms with van der Waals surface area (Å²) in [6.07, 6.45) is 1.13. The number of carbonyl (C=O) groups is 2. The number of H-pyrrole nitrogens is 1. The number of nitrogen functional groups attached to an aromatic ring is 1. The van der Waals surface area contributed by atoms with E-state index in [0.29, 0.717) is 50.9 Å². The first-order chi connectivity index (χ1) is 23.5. The van der Waals surface area contributed by atoms with Crippen molar-refractivity contribution in [2.45, 2.75) is 75.7 Å². The Labute approximate surface area is 287 Å². The van der Waals surface area contributed by atoms with Crippen molar-refractivity contribution < 1.29 is 22.8 Å². The second-order valence-corrected chi connectivity index (χ2v) is 13.6. The van der Waals surface area contributed by atoms with Crippen LogP contribution in [0.3, 0.4) is 0 Å². The van der Waals surface area contributed by atoms with E-state index in [0.717, 1.165) is 37.6 Å². The number of carbonyl (C=O) groups excluding carboxylic acids is 2. The monoisotopic (exact) mass is 702 g/mol. The average Bonchev–Trinajstić information content (AvgIpc) is 3.51. The summed E-state index contributed by atoms with van der Waals surface area (Å²) >= 11 is 6.11. The number of halogens is 4. The highest BCUT2D eigenvalue weighted by molar-refractivity contribution is 6.33. The summed E-state index contributed by atoms with van der Waals surface area (Å²) in [5.74, 6) is 0.113. The number of alkyl halides is 3. The number of nitrogens with one attached hydrogen (secondary N) is 2. The van der Waals surface area contributed by atoms with Gasteiger partial charge < -0.3 is 25.8 Å². The van der Waals surface area contributed by atoms with Gasteiger partial charge in [0.1, 0.15) is 6.04 Å². The van der Waals surface area contributed by atoms with E-state index in [-0.39, 0.29) is 34.6 Å². The Morgan fingerprint density at radius 3 is 2.22 bits per heavy atom. The number of likely N-dealkylation sites (tertiary alicyclic amines) is 3. The Kier molecular flexibility index (Phi) is 10.5. The van der Waals surface area contributed by atoms with Crippen molar-refractivity contribution in [1.29, 1.82) is 0 Å². The third kappa shape index (κ3) is 8.07. The molecule has 3 saturated heterocycles. The molecule has 0 unspecified atom stereocenters. The zero-order chi connectivity index (χ0) is 34.7. The summed E-state index contributed by atoms with van der Waals surface area (Å²) in [4.78, 5) is 48.9. The lowest BCUT2D eigenvalue weighted by atomic mass is 9.97. The largest absolute Gasteiger partial charge is 0.418 e. The smallest absolute Gasteiger partial charge is 0.397 e. The predicted molar refractivity (Wildman–Crippen MR) is 180 cm³/mol. The molecule has 3 fully saturated rings. The van der Waals surface area contributed by atoms with E-state index >= 15 is 0 Å². The SMILES string of the molecule is Nc1c(Cl)cc(C[C@@H](NC(=O)N2CCC(n3nc(-c4ccccc4)[nH]c3=O)CC2)C(=O)N2CCC(N3CCCCC3)CC2)cc1C(F)(F)F. The molecule has 0 saturated carbocycles. The van der Waals surface area contributed by atoms with Gasteiger partial charge in [0.25, 0.3) is 0 Å². The molecular weight excluding hydrogens is 661 g/mol. The van der Waals surface area contributed by atoms with Crippen molar-refractivity contribution in [2.75, 3.05) is 45.0 Å². The van der Waals surface area contributed by atoms with Gasteiger partial charge in [-0.2, -0.15) is 13.2 Å². The van der Waals surface area contributed by atoms with Crippen molar-refractivity contribution in [1.82, 2.24) is 34.8 Å². The van der Waals surface area contributed by atoms with E-state index in [1.165, 1.54) is 30.0 Å². The van der Waals surface area contributed by atoms with Gasteiger partial charge in [-0.1, -0.05) is 48.4 Å². The number of aromatic amines is 1. The van der Waals surface area contributed by atoms with Gasteiger partial charge in [0.05, 0.1) is 22.3 Å². The Bertz CT molecular complexity index is 1680. The number of benzene rings is 2. The van der Waals surface area contributed by atoms with Crippen LogP contribution in [0.15, 0.2) is 47.3 Å². The topological polar surface area (TPSA) is 133 Å². The summed E-state index contributed by atoms with van der Waals surface area (Å²) in [6.45, 7) is 3.69. The number of nitrogens with two attached hydrogens (primary N) is 1. The first-order valence-corrected chi connectivity index (χ1v) is 17.3. The fourth-order valence-electron chi connectivity index (χ4n) is 7.28. The van der Waals surface area contributed by atoms with E-state index in [4.69, 9.17) is 17.3 Å². The van der Waals surface area contributed by atoms with E-state index in [2.05, 4.69) is 20.3 Å².